The van der Waals surface area contributed by atoms with Crippen molar-refractivity contribution in [2.75, 3.05) is 24.5 Å². The van der Waals surface area contributed by atoms with E-state index < -0.39 is 12.1 Å². The fourth-order valence-electron chi connectivity index (χ4n) is 2.70. The summed E-state index contributed by atoms with van der Waals surface area (Å²) in [5, 5.41) is 3.33. The first-order chi connectivity index (χ1) is 10.0. The highest BCUT2D eigenvalue weighted by Crippen LogP contribution is 2.35. The molecule has 1 fully saturated rings. The molecule has 0 bridgehead atoms. The average molecular weight is 301 g/mol. The molecule has 3 nitrogen and oxygen atoms in total. The molecular formula is C15H22F3N3. The van der Waals surface area contributed by atoms with Gasteiger partial charge in [0, 0.05) is 25.8 Å². The number of nitrogens with zero attached hydrogens (tertiary/aromatic N) is 2. The Bertz CT molecular complexity index is 440. The number of pyridine rings is 1. The fourth-order valence-corrected chi connectivity index (χ4v) is 2.70. The van der Waals surface area contributed by atoms with Gasteiger partial charge in [0.25, 0.3) is 0 Å². The Morgan fingerprint density at radius 2 is 2.05 bits per heavy atom. The second kappa shape index (κ2) is 7.11. The average Bonchev–Trinajstić information content (AvgIpc) is 2.47. The number of alkyl halides is 3. The molecule has 6 heteroatoms. The Morgan fingerprint density at radius 3 is 2.67 bits per heavy atom. The smallest absolute Gasteiger partial charge is 0.370 e. The van der Waals surface area contributed by atoms with Crippen LogP contribution in [-0.2, 0) is 6.54 Å². The highest BCUT2D eigenvalue weighted by Gasteiger charge is 2.41. The van der Waals surface area contributed by atoms with Crippen molar-refractivity contribution in [3.05, 3.63) is 24.0 Å². The van der Waals surface area contributed by atoms with Gasteiger partial charge < -0.3 is 10.2 Å². The second-order valence-electron chi connectivity index (χ2n) is 5.48. The van der Waals surface area contributed by atoms with Crippen LogP contribution in [-0.4, -0.2) is 30.8 Å². The van der Waals surface area contributed by atoms with Gasteiger partial charge in [-0.15, -0.1) is 0 Å². The lowest BCUT2D eigenvalue weighted by Gasteiger charge is -2.35. The minimum atomic E-state index is -4.06. The predicted octanol–water partition coefficient (Wildman–Crippen LogP) is 3.36. The molecule has 0 aliphatic carbocycles. The number of rotatable bonds is 5. The zero-order valence-electron chi connectivity index (χ0n) is 12.3. The van der Waals surface area contributed by atoms with E-state index >= 15 is 0 Å². The van der Waals surface area contributed by atoms with Crippen molar-refractivity contribution in [1.82, 2.24) is 10.3 Å². The van der Waals surface area contributed by atoms with Crippen LogP contribution in [0.1, 0.15) is 31.7 Å². The van der Waals surface area contributed by atoms with Gasteiger partial charge in [-0.05, 0) is 37.4 Å². The van der Waals surface area contributed by atoms with Crippen LogP contribution < -0.4 is 10.2 Å². The van der Waals surface area contributed by atoms with Crippen molar-refractivity contribution in [2.45, 2.75) is 38.9 Å². The lowest BCUT2D eigenvalue weighted by molar-refractivity contribution is -0.179. The maximum absolute atomic E-state index is 12.7. The topological polar surface area (TPSA) is 28.2 Å². The Labute approximate surface area is 123 Å². The first-order valence-corrected chi connectivity index (χ1v) is 7.47. The molecule has 0 spiro atoms. The molecule has 1 saturated heterocycles. The molecule has 118 valence electrons. The van der Waals surface area contributed by atoms with Crippen LogP contribution in [0.25, 0.3) is 0 Å². The molecule has 0 unspecified atom stereocenters. The van der Waals surface area contributed by atoms with Gasteiger partial charge >= 0.3 is 6.18 Å². The van der Waals surface area contributed by atoms with Crippen LogP contribution in [0.15, 0.2) is 18.5 Å². The summed E-state index contributed by atoms with van der Waals surface area (Å²) in [4.78, 5) is 6.15. The quantitative estimate of drug-likeness (QED) is 0.845. The van der Waals surface area contributed by atoms with Gasteiger partial charge in [0.05, 0.1) is 17.8 Å². The molecule has 1 aliphatic rings. The number of halogens is 3. The van der Waals surface area contributed by atoms with E-state index in [1.54, 1.807) is 12.4 Å². The minimum Gasteiger partial charge on any atom is -0.370 e. The SMILES string of the molecule is CCCNCc1ccncc1N1CCC(C(F)(F)F)CC1. The second-order valence-corrected chi connectivity index (χ2v) is 5.48. The third-order valence-electron chi connectivity index (χ3n) is 3.93. The largest absolute Gasteiger partial charge is 0.391 e. The van der Waals surface area contributed by atoms with Crippen molar-refractivity contribution in [2.24, 2.45) is 5.92 Å². The Kier molecular flexibility index (Phi) is 5.45. The molecule has 0 atom stereocenters. The Morgan fingerprint density at radius 1 is 1.33 bits per heavy atom. The monoisotopic (exact) mass is 301 g/mol. The standard InChI is InChI=1S/C15H22F3N3/c1-2-6-19-10-12-3-7-20-11-14(12)21-8-4-13(5-9-21)15(16,17)18/h3,7,11,13,19H,2,4-6,8-10H2,1H3. The summed E-state index contributed by atoms with van der Waals surface area (Å²) >= 11 is 0. The molecule has 1 aromatic heterocycles. The van der Waals surface area contributed by atoms with Crippen molar-refractivity contribution in [3.63, 3.8) is 0 Å². The highest BCUT2D eigenvalue weighted by molar-refractivity contribution is 5.52. The summed E-state index contributed by atoms with van der Waals surface area (Å²) < 4.78 is 38.1. The van der Waals surface area contributed by atoms with Gasteiger partial charge in [-0.2, -0.15) is 13.2 Å². The summed E-state index contributed by atoms with van der Waals surface area (Å²) in [5.41, 5.74) is 2.06. The number of nitrogens with one attached hydrogen (secondary N) is 1. The zero-order valence-corrected chi connectivity index (χ0v) is 12.3. The molecule has 1 N–H and O–H groups in total. The fraction of sp³-hybridized carbons (Fsp3) is 0.667. The van der Waals surface area contributed by atoms with E-state index in [4.69, 9.17) is 0 Å². The number of hydrogen-bond donors (Lipinski definition) is 1. The molecule has 0 radical (unpaired) electrons. The van der Waals surface area contributed by atoms with E-state index in [-0.39, 0.29) is 12.8 Å². The van der Waals surface area contributed by atoms with Crippen molar-refractivity contribution >= 4 is 5.69 Å². The molecule has 0 saturated carbocycles. The van der Waals surface area contributed by atoms with Gasteiger partial charge in [-0.1, -0.05) is 6.92 Å². The lowest BCUT2D eigenvalue weighted by Crippen LogP contribution is -2.39. The zero-order chi connectivity index (χ0) is 15.3. The predicted molar refractivity (Wildman–Crippen MR) is 77.2 cm³/mol. The van der Waals surface area contributed by atoms with E-state index in [9.17, 15) is 13.2 Å². The van der Waals surface area contributed by atoms with E-state index in [1.807, 2.05) is 11.0 Å². The highest BCUT2D eigenvalue weighted by atomic mass is 19.4. The maximum Gasteiger partial charge on any atom is 0.391 e. The Hall–Kier alpha value is -1.30. The molecule has 0 amide bonds. The summed E-state index contributed by atoms with van der Waals surface area (Å²) in [6.07, 6.45) is 0.816. The maximum atomic E-state index is 12.7. The molecular weight excluding hydrogens is 279 g/mol. The van der Waals surface area contributed by atoms with Gasteiger partial charge in [0.2, 0.25) is 0 Å². The van der Waals surface area contributed by atoms with E-state index in [1.165, 1.54) is 0 Å². The van der Waals surface area contributed by atoms with Crippen LogP contribution in [0.3, 0.4) is 0 Å². The number of anilines is 1. The van der Waals surface area contributed by atoms with Gasteiger partial charge in [-0.25, -0.2) is 0 Å². The first-order valence-electron chi connectivity index (χ1n) is 7.47. The van der Waals surface area contributed by atoms with Gasteiger partial charge in [0.15, 0.2) is 0 Å². The van der Waals surface area contributed by atoms with E-state index in [2.05, 4.69) is 17.2 Å². The van der Waals surface area contributed by atoms with Crippen LogP contribution in [0.5, 0.6) is 0 Å². The van der Waals surface area contributed by atoms with Crippen molar-refractivity contribution < 1.29 is 13.2 Å². The lowest BCUT2D eigenvalue weighted by atomic mass is 9.95. The normalized spacial score (nSPS) is 17.2. The van der Waals surface area contributed by atoms with Crippen LogP contribution in [0.4, 0.5) is 18.9 Å². The van der Waals surface area contributed by atoms with Crippen LogP contribution in [0, 0.1) is 5.92 Å². The Balaban J connectivity index is 1.99. The number of aromatic nitrogens is 1. The van der Waals surface area contributed by atoms with Gasteiger partial charge in [-0.3, -0.25) is 4.98 Å². The molecule has 1 aliphatic heterocycles. The van der Waals surface area contributed by atoms with E-state index in [0.717, 1.165) is 30.8 Å². The molecule has 1 aromatic rings. The molecule has 2 heterocycles. The van der Waals surface area contributed by atoms with Crippen molar-refractivity contribution in [3.8, 4) is 0 Å². The summed E-state index contributed by atoms with van der Waals surface area (Å²) in [6, 6.07) is 1.94. The van der Waals surface area contributed by atoms with Crippen LogP contribution >= 0.6 is 0 Å². The summed E-state index contributed by atoms with van der Waals surface area (Å²) in [6.45, 7) is 4.64. The summed E-state index contributed by atoms with van der Waals surface area (Å²) in [7, 11) is 0. The summed E-state index contributed by atoms with van der Waals surface area (Å²) in [5.74, 6) is -1.16. The van der Waals surface area contributed by atoms with Gasteiger partial charge in [0.1, 0.15) is 0 Å². The van der Waals surface area contributed by atoms with E-state index in [0.29, 0.717) is 13.1 Å². The molecule has 21 heavy (non-hydrogen) atoms. The third-order valence-corrected chi connectivity index (χ3v) is 3.93. The number of hydrogen-bond acceptors (Lipinski definition) is 3. The number of piperidine rings is 1. The first kappa shape index (κ1) is 16.1. The minimum absolute atomic E-state index is 0.167. The third kappa shape index (κ3) is 4.33. The van der Waals surface area contributed by atoms with Crippen molar-refractivity contribution in [1.29, 1.82) is 0 Å². The molecule has 2 rings (SSSR count). The van der Waals surface area contributed by atoms with Crippen LogP contribution in [0.2, 0.25) is 0 Å². The molecule has 0 aromatic carbocycles.